The zero-order valence-corrected chi connectivity index (χ0v) is 11.8. The number of aryl methyl sites for hydroxylation is 1. The third-order valence-corrected chi connectivity index (χ3v) is 3.16. The molecule has 0 aliphatic rings. The molecular weight excluding hydrogens is 315 g/mol. The Balaban J connectivity index is 2.07. The van der Waals surface area contributed by atoms with Crippen LogP contribution in [0.5, 0.6) is 0 Å². The SMILES string of the molecule is CCn1c(-c2nonc2NC(=O)C(F)(F)F)nc2ccccc21. The zero-order chi connectivity index (χ0) is 16.6. The minimum Gasteiger partial charge on any atom is -0.323 e. The van der Waals surface area contributed by atoms with Crippen LogP contribution < -0.4 is 5.32 Å². The van der Waals surface area contributed by atoms with Gasteiger partial charge in [-0.05, 0) is 29.4 Å². The Bertz CT molecular complexity index is 868. The fourth-order valence-electron chi connectivity index (χ4n) is 2.17. The number of para-hydroxylation sites is 2. The monoisotopic (exact) mass is 325 g/mol. The lowest BCUT2D eigenvalue weighted by atomic mass is 10.3. The molecule has 23 heavy (non-hydrogen) atoms. The van der Waals surface area contributed by atoms with Crippen molar-refractivity contribution in [3.63, 3.8) is 0 Å². The molecule has 0 spiro atoms. The minimum absolute atomic E-state index is 0.0688. The summed E-state index contributed by atoms with van der Waals surface area (Å²) < 4.78 is 43.3. The van der Waals surface area contributed by atoms with Crippen molar-refractivity contribution in [2.24, 2.45) is 0 Å². The van der Waals surface area contributed by atoms with E-state index in [0.29, 0.717) is 12.1 Å². The van der Waals surface area contributed by atoms with Crippen molar-refractivity contribution in [2.75, 3.05) is 5.32 Å². The number of benzene rings is 1. The Morgan fingerprint density at radius 1 is 1.30 bits per heavy atom. The van der Waals surface area contributed by atoms with E-state index in [1.807, 2.05) is 19.1 Å². The lowest BCUT2D eigenvalue weighted by Gasteiger charge is -2.07. The number of nitrogens with one attached hydrogen (secondary N) is 1. The van der Waals surface area contributed by atoms with Gasteiger partial charge in [0, 0.05) is 6.54 Å². The standard InChI is InChI=1S/C13H10F3N5O2/c1-2-21-8-6-4-3-5-7(8)17-11(21)9-10(20-23-19-9)18-12(22)13(14,15)16/h3-6H,2H2,1H3,(H,18,20,22). The summed E-state index contributed by atoms with van der Waals surface area (Å²) in [4.78, 5) is 15.4. The van der Waals surface area contributed by atoms with Gasteiger partial charge < -0.3 is 4.57 Å². The summed E-state index contributed by atoms with van der Waals surface area (Å²) in [5, 5.41) is 8.53. The van der Waals surface area contributed by atoms with Crippen molar-refractivity contribution in [3.8, 4) is 11.5 Å². The molecule has 3 aromatic rings. The fourth-order valence-corrected chi connectivity index (χ4v) is 2.17. The second kappa shape index (κ2) is 5.38. The van der Waals surface area contributed by atoms with E-state index in [9.17, 15) is 18.0 Å². The number of hydrogen-bond donors (Lipinski definition) is 1. The van der Waals surface area contributed by atoms with Gasteiger partial charge in [-0.2, -0.15) is 13.2 Å². The molecule has 0 saturated carbocycles. The van der Waals surface area contributed by atoms with Gasteiger partial charge in [0.2, 0.25) is 5.82 Å². The summed E-state index contributed by atoms with van der Waals surface area (Å²) >= 11 is 0. The van der Waals surface area contributed by atoms with Crippen LogP contribution in [0.3, 0.4) is 0 Å². The fraction of sp³-hybridized carbons (Fsp3) is 0.231. The molecule has 0 saturated heterocycles. The van der Waals surface area contributed by atoms with Gasteiger partial charge in [-0.1, -0.05) is 12.1 Å². The Morgan fingerprint density at radius 2 is 2.04 bits per heavy atom. The van der Waals surface area contributed by atoms with Crippen molar-refractivity contribution in [1.82, 2.24) is 19.9 Å². The van der Waals surface area contributed by atoms with Crippen LogP contribution in [0.1, 0.15) is 6.92 Å². The molecule has 0 aliphatic carbocycles. The van der Waals surface area contributed by atoms with Crippen molar-refractivity contribution in [2.45, 2.75) is 19.6 Å². The first-order valence-corrected chi connectivity index (χ1v) is 6.58. The lowest BCUT2D eigenvalue weighted by Crippen LogP contribution is -2.30. The number of hydrogen-bond acceptors (Lipinski definition) is 5. The molecule has 0 radical (unpaired) electrons. The molecule has 10 heteroatoms. The third-order valence-electron chi connectivity index (χ3n) is 3.16. The molecule has 0 bridgehead atoms. The second-order valence-corrected chi connectivity index (χ2v) is 4.58. The number of carbonyl (C=O) groups excluding carboxylic acids is 1. The number of halogens is 3. The second-order valence-electron chi connectivity index (χ2n) is 4.58. The number of aromatic nitrogens is 4. The van der Waals surface area contributed by atoms with E-state index in [2.05, 4.69) is 19.9 Å². The Morgan fingerprint density at radius 3 is 2.74 bits per heavy atom. The molecule has 1 aromatic carbocycles. The quantitative estimate of drug-likeness (QED) is 0.800. The van der Waals surface area contributed by atoms with Crippen molar-refractivity contribution in [3.05, 3.63) is 24.3 Å². The number of imidazole rings is 1. The lowest BCUT2D eigenvalue weighted by molar-refractivity contribution is -0.167. The first-order chi connectivity index (χ1) is 10.9. The van der Waals surface area contributed by atoms with Crippen LogP contribution in [0, 0.1) is 0 Å². The normalized spacial score (nSPS) is 11.8. The maximum absolute atomic E-state index is 12.4. The summed E-state index contributed by atoms with van der Waals surface area (Å²) in [6.07, 6.45) is -5.04. The van der Waals surface area contributed by atoms with Gasteiger partial charge in [-0.3, -0.25) is 10.1 Å². The highest BCUT2D eigenvalue weighted by Crippen LogP contribution is 2.28. The van der Waals surface area contributed by atoms with E-state index in [0.717, 1.165) is 5.52 Å². The first kappa shape index (κ1) is 15.0. The molecule has 2 heterocycles. The summed E-state index contributed by atoms with van der Waals surface area (Å²) in [5.41, 5.74) is 1.35. The smallest absolute Gasteiger partial charge is 0.323 e. The highest BCUT2D eigenvalue weighted by atomic mass is 19.4. The predicted molar refractivity (Wildman–Crippen MR) is 73.4 cm³/mol. The van der Waals surface area contributed by atoms with Crippen LogP contribution in [-0.2, 0) is 11.3 Å². The molecule has 120 valence electrons. The summed E-state index contributed by atoms with van der Waals surface area (Å²) in [7, 11) is 0. The first-order valence-electron chi connectivity index (χ1n) is 6.58. The molecule has 2 aromatic heterocycles. The zero-order valence-electron chi connectivity index (χ0n) is 11.8. The number of rotatable bonds is 3. The summed E-state index contributed by atoms with van der Waals surface area (Å²) in [6.45, 7) is 2.34. The molecular formula is C13H10F3N5O2. The van der Waals surface area contributed by atoms with Crippen LogP contribution >= 0.6 is 0 Å². The van der Waals surface area contributed by atoms with Crippen LogP contribution in [-0.4, -0.2) is 31.9 Å². The van der Waals surface area contributed by atoms with E-state index in [-0.39, 0.29) is 11.5 Å². The van der Waals surface area contributed by atoms with Crippen LogP contribution in [0.25, 0.3) is 22.6 Å². The van der Waals surface area contributed by atoms with Crippen LogP contribution in [0.4, 0.5) is 19.0 Å². The van der Waals surface area contributed by atoms with Crippen molar-refractivity contribution in [1.29, 1.82) is 0 Å². The largest absolute Gasteiger partial charge is 0.471 e. The molecule has 0 aliphatic heterocycles. The highest BCUT2D eigenvalue weighted by molar-refractivity contribution is 5.96. The number of alkyl halides is 3. The maximum Gasteiger partial charge on any atom is 0.471 e. The van der Waals surface area contributed by atoms with Crippen molar-refractivity contribution >= 4 is 22.8 Å². The van der Waals surface area contributed by atoms with Gasteiger partial charge in [0.05, 0.1) is 11.0 Å². The van der Waals surface area contributed by atoms with E-state index in [1.165, 1.54) is 0 Å². The van der Waals surface area contributed by atoms with Gasteiger partial charge in [0.15, 0.2) is 11.5 Å². The number of amides is 1. The van der Waals surface area contributed by atoms with Gasteiger partial charge in [0.25, 0.3) is 0 Å². The molecule has 7 nitrogen and oxygen atoms in total. The molecule has 0 atom stereocenters. The van der Waals surface area contributed by atoms with E-state index in [4.69, 9.17) is 0 Å². The van der Waals surface area contributed by atoms with Gasteiger partial charge in [0.1, 0.15) is 0 Å². The van der Waals surface area contributed by atoms with E-state index >= 15 is 0 Å². The minimum atomic E-state index is -5.04. The Labute approximate surface area is 127 Å². The predicted octanol–water partition coefficient (Wildman–Crippen LogP) is 2.61. The van der Waals surface area contributed by atoms with Crippen LogP contribution in [0.15, 0.2) is 28.9 Å². The molecule has 0 fully saturated rings. The number of anilines is 1. The van der Waals surface area contributed by atoms with Gasteiger partial charge in [-0.25, -0.2) is 9.61 Å². The molecule has 0 unspecified atom stereocenters. The number of nitrogens with zero attached hydrogens (tertiary/aromatic N) is 4. The van der Waals surface area contributed by atoms with Crippen molar-refractivity contribution < 1.29 is 22.6 Å². The average molecular weight is 325 g/mol. The van der Waals surface area contributed by atoms with Gasteiger partial charge >= 0.3 is 12.1 Å². The number of carbonyl (C=O) groups is 1. The Kier molecular flexibility index (Phi) is 3.51. The highest BCUT2D eigenvalue weighted by Gasteiger charge is 2.40. The Hall–Kier alpha value is -2.91. The number of fused-ring (bicyclic) bond motifs is 1. The van der Waals surface area contributed by atoms with E-state index in [1.54, 1.807) is 22.0 Å². The topological polar surface area (TPSA) is 85.8 Å². The van der Waals surface area contributed by atoms with Gasteiger partial charge in [-0.15, -0.1) is 0 Å². The molecule has 1 amide bonds. The summed E-state index contributed by atoms with van der Waals surface area (Å²) in [6, 6.07) is 7.17. The van der Waals surface area contributed by atoms with E-state index < -0.39 is 17.9 Å². The maximum atomic E-state index is 12.4. The third kappa shape index (κ3) is 2.62. The average Bonchev–Trinajstić information content (AvgIpc) is 3.09. The van der Waals surface area contributed by atoms with Crippen LogP contribution in [0.2, 0.25) is 0 Å². The molecule has 3 rings (SSSR count). The molecule has 1 N–H and O–H groups in total. The summed E-state index contributed by atoms with van der Waals surface area (Å²) in [5.74, 6) is -2.33.